The Morgan fingerprint density at radius 1 is 1.50 bits per heavy atom. The smallest absolute Gasteiger partial charge is 0.134 e. The van der Waals surface area contributed by atoms with Crippen molar-refractivity contribution in [3.05, 3.63) is 40.4 Å². The van der Waals surface area contributed by atoms with Gasteiger partial charge in [0.05, 0.1) is 4.47 Å². The fourth-order valence-corrected chi connectivity index (χ4v) is 2.88. The van der Waals surface area contributed by atoms with E-state index in [1.807, 2.05) is 13.0 Å². The standard InChI is InChI=1S/C15H20BrNO/c1-11(2)10-18-14-8-5-6-12(15(14)16)13-7-3-4-9-17-13/h5-6,8,13,17H,1,3-4,7,9-10H2,2H3. The lowest BCUT2D eigenvalue weighted by molar-refractivity contribution is 0.347. The molecule has 1 heterocycles. The largest absolute Gasteiger partial charge is 0.488 e. The molecule has 0 bridgehead atoms. The highest BCUT2D eigenvalue weighted by molar-refractivity contribution is 9.10. The van der Waals surface area contributed by atoms with E-state index in [0.717, 1.165) is 22.3 Å². The highest BCUT2D eigenvalue weighted by Gasteiger charge is 2.18. The average Bonchev–Trinajstić information content (AvgIpc) is 2.38. The molecule has 0 amide bonds. The Hall–Kier alpha value is -0.800. The maximum absolute atomic E-state index is 5.76. The van der Waals surface area contributed by atoms with Gasteiger partial charge in [-0.2, -0.15) is 0 Å². The van der Waals surface area contributed by atoms with Crippen LogP contribution in [0.15, 0.2) is 34.8 Å². The summed E-state index contributed by atoms with van der Waals surface area (Å²) in [5, 5.41) is 3.57. The molecule has 0 saturated carbocycles. The quantitative estimate of drug-likeness (QED) is 0.841. The van der Waals surface area contributed by atoms with Crippen molar-refractivity contribution in [2.75, 3.05) is 13.2 Å². The second kappa shape index (κ2) is 6.39. The molecule has 1 aromatic rings. The molecule has 1 atom stereocenters. The lowest BCUT2D eigenvalue weighted by atomic mass is 9.97. The van der Waals surface area contributed by atoms with E-state index in [4.69, 9.17) is 4.74 Å². The predicted octanol–water partition coefficient (Wildman–Crippen LogP) is 4.22. The highest BCUT2D eigenvalue weighted by Crippen LogP contribution is 2.35. The van der Waals surface area contributed by atoms with Gasteiger partial charge in [0.2, 0.25) is 0 Å². The third-order valence-corrected chi connectivity index (χ3v) is 4.00. The molecule has 1 aromatic carbocycles. The van der Waals surface area contributed by atoms with Crippen LogP contribution < -0.4 is 10.1 Å². The van der Waals surface area contributed by atoms with Crippen LogP contribution >= 0.6 is 15.9 Å². The van der Waals surface area contributed by atoms with Crippen molar-refractivity contribution >= 4 is 15.9 Å². The van der Waals surface area contributed by atoms with Gasteiger partial charge in [0.1, 0.15) is 12.4 Å². The summed E-state index contributed by atoms with van der Waals surface area (Å²) in [5.74, 6) is 0.905. The van der Waals surface area contributed by atoms with Crippen LogP contribution in [0.1, 0.15) is 37.8 Å². The number of hydrogen-bond acceptors (Lipinski definition) is 2. The number of hydrogen-bond donors (Lipinski definition) is 1. The molecule has 1 N–H and O–H groups in total. The van der Waals surface area contributed by atoms with Crippen LogP contribution in [0.5, 0.6) is 5.75 Å². The van der Waals surface area contributed by atoms with E-state index in [2.05, 4.69) is 40.0 Å². The van der Waals surface area contributed by atoms with Gasteiger partial charge in [-0.15, -0.1) is 0 Å². The van der Waals surface area contributed by atoms with Gasteiger partial charge in [0.15, 0.2) is 0 Å². The molecule has 0 spiro atoms. The van der Waals surface area contributed by atoms with E-state index in [-0.39, 0.29) is 0 Å². The van der Waals surface area contributed by atoms with Crippen molar-refractivity contribution in [1.82, 2.24) is 5.32 Å². The topological polar surface area (TPSA) is 21.3 Å². The lowest BCUT2D eigenvalue weighted by Gasteiger charge is -2.25. The summed E-state index contributed by atoms with van der Waals surface area (Å²) in [5.41, 5.74) is 2.33. The third-order valence-electron chi connectivity index (χ3n) is 3.15. The highest BCUT2D eigenvalue weighted by atomic mass is 79.9. The molecule has 2 rings (SSSR count). The van der Waals surface area contributed by atoms with Gasteiger partial charge in [-0.25, -0.2) is 0 Å². The molecule has 0 aromatic heterocycles. The predicted molar refractivity (Wildman–Crippen MR) is 79.0 cm³/mol. The van der Waals surface area contributed by atoms with Crippen molar-refractivity contribution in [3.63, 3.8) is 0 Å². The van der Waals surface area contributed by atoms with Crippen molar-refractivity contribution < 1.29 is 4.74 Å². The van der Waals surface area contributed by atoms with Crippen molar-refractivity contribution in [1.29, 1.82) is 0 Å². The van der Waals surface area contributed by atoms with Crippen LogP contribution in [0.3, 0.4) is 0 Å². The van der Waals surface area contributed by atoms with Crippen LogP contribution in [-0.4, -0.2) is 13.2 Å². The minimum absolute atomic E-state index is 0.446. The van der Waals surface area contributed by atoms with Crippen molar-refractivity contribution in [2.45, 2.75) is 32.2 Å². The monoisotopic (exact) mass is 309 g/mol. The summed E-state index contributed by atoms with van der Waals surface area (Å²) < 4.78 is 6.83. The lowest BCUT2D eigenvalue weighted by Crippen LogP contribution is -2.27. The average molecular weight is 310 g/mol. The summed E-state index contributed by atoms with van der Waals surface area (Å²) in [6.07, 6.45) is 3.77. The van der Waals surface area contributed by atoms with E-state index in [0.29, 0.717) is 12.6 Å². The van der Waals surface area contributed by atoms with E-state index in [1.54, 1.807) is 0 Å². The second-order valence-corrected chi connectivity index (χ2v) is 5.70. The zero-order chi connectivity index (χ0) is 13.0. The Kier molecular flexibility index (Phi) is 4.84. The van der Waals surface area contributed by atoms with Gasteiger partial charge in [-0.3, -0.25) is 0 Å². The molecule has 0 aliphatic carbocycles. The van der Waals surface area contributed by atoms with E-state index < -0.39 is 0 Å². The van der Waals surface area contributed by atoms with Crippen LogP contribution in [0.25, 0.3) is 0 Å². The van der Waals surface area contributed by atoms with E-state index >= 15 is 0 Å². The van der Waals surface area contributed by atoms with Gasteiger partial charge >= 0.3 is 0 Å². The third kappa shape index (κ3) is 3.36. The first-order chi connectivity index (χ1) is 8.68. The Balaban J connectivity index is 2.15. The summed E-state index contributed by atoms with van der Waals surface area (Å²) in [6, 6.07) is 6.67. The van der Waals surface area contributed by atoms with Gasteiger partial charge in [0, 0.05) is 6.04 Å². The minimum atomic E-state index is 0.446. The zero-order valence-electron chi connectivity index (χ0n) is 10.8. The molecular formula is C15H20BrNO. The summed E-state index contributed by atoms with van der Waals surface area (Å²) in [4.78, 5) is 0. The molecule has 1 unspecified atom stereocenters. The minimum Gasteiger partial charge on any atom is -0.488 e. The Bertz CT molecular complexity index is 425. The van der Waals surface area contributed by atoms with Crippen molar-refractivity contribution in [2.24, 2.45) is 0 Å². The van der Waals surface area contributed by atoms with Gasteiger partial charge in [-0.05, 0) is 59.4 Å². The second-order valence-electron chi connectivity index (χ2n) is 4.91. The van der Waals surface area contributed by atoms with E-state index in [1.165, 1.54) is 24.8 Å². The number of benzene rings is 1. The molecule has 1 saturated heterocycles. The normalized spacial score (nSPS) is 19.6. The number of piperidine rings is 1. The maximum atomic E-state index is 5.76. The van der Waals surface area contributed by atoms with Crippen LogP contribution in [0, 0.1) is 0 Å². The molecule has 3 heteroatoms. The van der Waals surface area contributed by atoms with Crippen LogP contribution in [0.4, 0.5) is 0 Å². The molecule has 1 aliphatic rings. The summed E-state index contributed by atoms with van der Waals surface area (Å²) in [7, 11) is 0. The molecular weight excluding hydrogens is 290 g/mol. The number of halogens is 1. The number of rotatable bonds is 4. The van der Waals surface area contributed by atoms with Gasteiger partial charge < -0.3 is 10.1 Å². The Morgan fingerprint density at radius 3 is 3.00 bits per heavy atom. The summed E-state index contributed by atoms with van der Waals surface area (Å²) in [6.45, 7) is 7.51. The van der Waals surface area contributed by atoms with Crippen LogP contribution in [0.2, 0.25) is 0 Å². The fourth-order valence-electron chi connectivity index (χ4n) is 2.23. The number of ether oxygens (including phenoxy) is 1. The van der Waals surface area contributed by atoms with Gasteiger partial charge in [-0.1, -0.05) is 25.1 Å². The fraction of sp³-hybridized carbons (Fsp3) is 0.467. The van der Waals surface area contributed by atoms with E-state index in [9.17, 15) is 0 Å². The molecule has 1 fully saturated rings. The number of nitrogens with one attached hydrogen (secondary N) is 1. The zero-order valence-corrected chi connectivity index (χ0v) is 12.4. The first kappa shape index (κ1) is 13.6. The molecule has 2 nitrogen and oxygen atoms in total. The first-order valence-corrected chi connectivity index (χ1v) is 7.27. The summed E-state index contributed by atoms with van der Waals surface area (Å²) >= 11 is 3.67. The molecule has 1 aliphatic heterocycles. The molecule has 0 radical (unpaired) electrons. The molecule has 98 valence electrons. The Morgan fingerprint density at radius 2 is 2.33 bits per heavy atom. The van der Waals surface area contributed by atoms with Gasteiger partial charge in [0.25, 0.3) is 0 Å². The Labute approximate surface area is 118 Å². The van der Waals surface area contributed by atoms with Crippen LogP contribution in [-0.2, 0) is 0 Å². The SMILES string of the molecule is C=C(C)COc1cccc(C2CCCCN2)c1Br. The maximum Gasteiger partial charge on any atom is 0.134 e. The first-order valence-electron chi connectivity index (χ1n) is 6.47. The van der Waals surface area contributed by atoms with Crippen molar-refractivity contribution in [3.8, 4) is 5.75 Å². The molecule has 18 heavy (non-hydrogen) atoms.